The number of pyridine rings is 1. The molecule has 1 heterocycles. The molecule has 0 saturated heterocycles. The van der Waals surface area contributed by atoms with Crippen LogP contribution < -0.4 is 15.4 Å². The van der Waals surface area contributed by atoms with Gasteiger partial charge in [0.25, 0.3) is 11.8 Å². The number of nitrogens with zero attached hydrogens (tertiary/aromatic N) is 1. The van der Waals surface area contributed by atoms with Crippen molar-refractivity contribution >= 4 is 29.1 Å². The van der Waals surface area contributed by atoms with E-state index in [1.165, 1.54) is 19.4 Å². The van der Waals surface area contributed by atoms with Crippen molar-refractivity contribution in [2.24, 2.45) is 0 Å². The maximum atomic E-state index is 12.6. The number of aryl methyl sites for hydroxylation is 1. The molecule has 2 amide bonds. The molecular formula is C19H22ClN3O3. The average Bonchev–Trinajstić information content (AvgIpc) is 2.56. The lowest BCUT2D eigenvalue weighted by atomic mass is 10.1. The second-order valence-corrected chi connectivity index (χ2v) is 7.30. The van der Waals surface area contributed by atoms with E-state index in [-0.39, 0.29) is 17.5 Å². The van der Waals surface area contributed by atoms with Crippen molar-refractivity contribution in [1.29, 1.82) is 0 Å². The fourth-order valence-electron chi connectivity index (χ4n) is 2.22. The lowest BCUT2D eigenvalue weighted by Crippen LogP contribution is -2.41. The molecule has 0 bridgehead atoms. The van der Waals surface area contributed by atoms with Gasteiger partial charge in [-0.05, 0) is 51.5 Å². The molecule has 0 saturated carbocycles. The van der Waals surface area contributed by atoms with Gasteiger partial charge in [0, 0.05) is 28.4 Å². The number of rotatable bonds is 4. The summed E-state index contributed by atoms with van der Waals surface area (Å²) in [6.45, 7) is 7.45. The molecule has 0 radical (unpaired) electrons. The molecule has 0 spiro atoms. The SMILES string of the molecule is COc1cc(Cl)c(C)cc1NC(=O)c1ccnc(C(=O)NC(C)(C)C)c1. The van der Waals surface area contributed by atoms with E-state index < -0.39 is 5.54 Å². The lowest BCUT2D eigenvalue weighted by Gasteiger charge is -2.20. The van der Waals surface area contributed by atoms with Crippen LogP contribution >= 0.6 is 11.6 Å². The van der Waals surface area contributed by atoms with Gasteiger partial charge in [-0.15, -0.1) is 0 Å². The Morgan fingerprint density at radius 2 is 1.85 bits per heavy atom. The zero-order valence-electron chi connectivity index (χ0n) is 15.4. The van der Waals surface area contributed by atoms with Crippen LogP contribution in [0.1, 0.15) is 47.2 Å². The molecule has 2 rings (SSSR count). The highest BCUT2D eigenvalue weighted by Crippen LogP contribution is 2.31. The number of carbonyl (C=O) groups excluding carboxylic acids is 2. The topological polar surface area (TPSA) is 80.3 Å². The summed E-state index contributed by atoms with van der Waals surface area (Å²) in [7, 11) is 1.50. The molecule has 0 aliphatic carbocycles. The van der Waals surface area contributed by atoms with Crippen LogP contribution in [-0.4, -0.2) is 29.4 Å². The molecule has 0 atom stereocenters. The number of benzene rings is 1. The molecule has 0 aliphatic rings. The lowest BCUT2D eigenvalue weighted by molar-refractivity contribution is 0.0914. The number of carbonyl (C=O) groups is 2. The van der Waals surface area contributed by atoms with Crippen LogP contribution in [0.3, 0.4) is 0 Å². The van der Waals surface area contributed by atoms with E-state index in [1.54, 1.807) is 18.2 Å². The number of aromatic nitrogens is 1. The maximum Gasteiger partial charge on any atom is 0.270 e. The number of hydrogen-bond donors (Lipinski definition) is 2. The Morgan fingerprint density at radius 3 is 2.46 bits per heavy atom. The molecule has 2 aromatic rings. The van der Waals surface area contributed by atoms with E-state index in [0.29, 0.717) is 22.0 Å². The third kappa shape index (κ3) is 4.95. The molecule has 26 heavy (non-hydrogen) atoms. The second kappa shape index (κ2) is 7.74. The largest absolute Gasteiger partial charge is 0.495 e. The highest BCUT2D eigenvalue weighted by molar-refractivity contribution is 6.31. The Bertz CT molecular complexity index is 844. The van der Waals surface area contributed by atoms with E-state index in [2.05, 4.69) is 15.6 Å². The Kier molecular flexibility index (Phi) is 5.87. The number of ether oxygens (including phenoxy) is 1. The zero-order valence-corrected chi connectivity index (χ0v) is 16.2. The molecule has 7 heteroatoms. The van der Waals surface area contributed by atoms with Gasteiger partial charge in [0.1, 0.15) is 11.4 Å². The maximum absolute atomic E-state index is 12.6. The van der Waals surface area contributed by atoms with Crippen molar-refractivity contribution in [3.05, 3.63) is 52.3 Å². The molecule has 0 fully saturated rings. The van der Waals surface area contributed by atoms with Crippen LogP contribution in [0.4, 0.5) is 5.69 Å². The van der Waals surface area contributed by atoms with Gasteiger partial charge in [0.2, 0.25) is 0 Å². The second-order valence-electron chi connectivity index (χ2n) is 6.89. The first-order valence-electron chi connectivity index (χ1n) is 8.05. The van der Waals surface area contributed by atoms with Crippen LogP contribution in [0, 0.1) is 6.92 Å². The Balaban J connectivity index is 2.25. The molecule has 138 valence electrons. The first kappa shape index (κ1) is 19.7. The van der Waals surface area contributed by atoms with Gasteiger partial charge in [-0.25, -0.2) is 0 Å². The fraction of sp³-hybridized carbons (Fsp3) is 0.316. The van der Waals surface area contributed by atoms with Crippen LogP contribution in [0.15, 0.2) is 30.5 Å². The van der Waals surface area contributed by atoms with Crippen LogP contribution in [-0.2, 0) is 0 Å². The summed E-state index contributed by atoms with van der Waals surface area (Å²) in [5.74, 6) is -0.266. The summed E-state index contributed by atoms with van der Waals surface area (Å²) in [4.78, 5) is 28.9. The number of nitrogens with one attached hydrogen (secondary N) is 2. The Hall–Kier alpha value is -2.60. The smallest absolute Gasteiger partial charge is 0.270 e. The predicted octanol–water partition coefficient (Wildman–Crippen LogP) is 3.83. The predicted molar refractivity (Wildman–Crippen MR) is 102 cm³/mol. The average molecular weight is 376 g/mol. The van der Waals surface area contributed by atoms with Crippen molar-refractivity contribution in [1.82, 2.24) is 10.3 Å². The van der Waals surface area contributed by atoms with Gasteiger partial charge in [-0.3, -0.25) is 14.6 Å². The molecule has 1 aromatic carbocycles. The number of anilines is 1. The minimum Gasteiger partial charge on any atom is -0.495 e. The van der Waals surface area contributed by atoms with Crippen LogP contribution in [0.25, 0.3) is 0 Å². The molecule has 1 aromatic heterocycles. The van der Waals surface area contributed by atoms with E-state index in [1.807, 2.05) is 27.7 Å². The van der Waals surface area contributed by atoms with Gasteiger partial charge in [-0.1, -0.05) is 11.6 Å². The molecule has 0 unspecified atom stereocenters. The van der Waals surface area contributed by atoms with E-state index >= 15 is 0 Å². The van der Waals surface area contributed by atoms with Crippen LogP contribution in [0.2, 0.25) is 5.02 Å². The third-order valence-electron chi connectivity index (χ3n) is 3.47. The number of hydrogen-bond acceptors (Lipinski definition) is 4. The van der Waals surface area contributed by atoms with Gasteiger partial charge in [-0.2, -0.15) is 0 Å². The quantitative estimate of drug-likeness (QED) is 0.850. The normalized spacial score (nSPS) is 11.0. The standard InChI is InChI=1S/C19H22ClN3O3/c1-11-8-14(16(26-5)10-13(11)20)22-17(24)12-6-7-21-15(9-12)18(25)23-19(2,3)4/h6-10H,1-5H3,(H,22,24)(H,23,25). The minimum atomic E-state index is -0.398. The summed E-state index contributed by atoms with van der Waals surface area (Å²) in [5.41, 5.74) is 1.39. The fourth-order valence-corrected chi connectivity index (χ4v) is 2.38. The summed E-state index contributed by atoms with van der Waals surface area (Å²) >= 11 is 6.08. The Morgan fingerprint density at radius 1 is 1.15 bits per heavy atom. The summed E-state index contributed by atoms with van der Waals surface area (Å²) in [5, 5.41) is 6.14. The van der Waals surface area contributed by atoms with Crippen LogP contribution in [0.5, 0.6) is 5.75 Å². The summed E-state index contributed by atoms with van der Waals surface area (Å²) in [6, 6.07) is 6.36. The summed E-state index contributed by atoms with van der Waals surface area (Å²) < 4.78 is 5.26. The van der Waals surface area contributed by atoms with E-state index in [0.717, 1.165) is 5.56 Å². The highest BCUT2D eigenvalue weighted by Gasteiger charge is 2.18. The monoisotopic (exact) mass is 375 g/mol. The van der Waals surface area contributed by atoms with Crippen molar-refractivity contribution in [3.63, 3.8) is 0 Å². The Labute approximate surface area is 157 Å². The molecule has 0 aliphatic heterocycles. The number of amides is 2. The summed E-state index contributed by atoms with van der Waals surface area (Å²) in [6.07, 6.45) is 1.43. The van der Waals surface area contributed by atoms with Crippen molar-refractivity contribution in [3.8, 4) is 5.75 Å². The minimum absolute atomic E-state index is 0.173. The van der Waals surface area contributed by atoms with Crippen molar-refractivity contribution in [2.45, 2.75) is 33.2 Å². The highest BCUT2D eigenvalue weighted by atomic mass is 35.5. The van der Waals surface area contributed by atoms with Gasteiger partial charge in [0.15, 0.2) is 0 Å². The molecule has 2 N–H and O–H groups in total. The molecular weight excluding hydrogens is 354 g/mol. The van der Waals surface area contributed by atoms with E-state index in [4.69, 9.17) is 16.3 Å². The third-order valence-corrected chi connectivity index (χ3v) is 3.88. The van der Waals surface area contributed by atoms with Crippen molar-refractivity contribution < 1.29 is 14.3 Å². The number of halogens is 1. The van der Waals surface area contributed by atoms with Gasteiger partial charge < -0.3 is 15.4 Å². The first-order valence-corrected chi connectivity index (χ1v) is 8.42. The first-order chi connectivity index (χ1) is 12.1. The van der Waals surface area contributed by atoms with Gasteiger partial charge >= 0.3 is 0 Å². The zero-order chi connectivity index (χ0) is 19.5. The molecule has 6 nitrogen and oxygen atoms in total. The number of methoxy groups -OCH3 is 1. The van der Waals surface area contributed by atoms with E-state index in [9.17, 15) is 9.59 Å². The van der Waals surface area contributed by atoms with Gasteiger partial charge in [0.05, 0.1) is 12.8 Å². The van der Waals surface area contributed by atoms with Crippen molar-refractivity contribution in [2.75, 3.05) is 12.4 Å².